The molecule has 0 saturated heterocycles. The highest BCUT2D eigenvalue weighted by Gasteiger charge is 2.12. The van der Waals surface area contributed by atoms with Gasteiger partial charge in [0.05, 0.1) is 24.0 Å². The lowest BCUT2D eigenvalue weighted by atomic mass is 9.91. The minimum absolute atomic E-state index is 0.443. The molecule has 1 aromatic heterocycles. The van der Waals surface area contributed by atoms with Gasteiger partial charge in [-0.15, -0.1) is 0 Å². The average Bonchev–Trinajstić information content (AvgIpc) is 2.97. The van der Waals surface area contributed by atoms with Crippen molar-refractivity contribution in [2.45, 2.75) is 0 Å². The maximum Gasteiger partial charge on any atom is 0.189 e. The average molecular weight is 488 g/mol. The van der Waals surface area contributed by atoms with Crippen LogP contribution < -0.4 is 0 Å². The number of allylic oxidation sites excluding steroid dienone is 8. The van der Waals surface area contributed by atoms with Gasteiger partial charge in [-0.2, -0.15) is 5.26 Å². The van der Waals surface area contributed by atoms with E-state index in [2.05, 4.69) is 61.0 Å². The zero-order chi connectivity index (χ0) is 26.9. The van der Waals surface area contributed by atoms with E-state index in [1.54, 1.807) is 24.3 Å². The van der Waals surface area contributed by atoms with Gasteiger partial charge in [0.25, 0.3) is 0 Å². The van der Waals surface area contributed by atoms with Crippen molar-refractivity contribution in [2.24, 2.45) is 0 Å². The second-order valence-corrected chi connectivity index (χ2v) is 8.41. The number of rotatable bonds is 8. The summed E-state index contributed by atoms with van der Waals surface area (Å²) in [6.45, 7) is 18.9. The van der Waals surface area contributed by atoms with Crippen LogP contribution in [0.1, 0.15) is 17.0 Å². The van der Waals surface area contributed by atoms with Crippen LogP contribution in [0.25, 0.3) is 49.5 Å². The highest BCUT2D eigenvalue weighted by Crippen LogP contribution is 2.37. The summed E-state index contributed by atoms with van der Waals surface area (Å²) < 4.78 is 0. The van der Waals surface area contributed by atoms with E-state index >= 15 is 0 Å². The summed E-state index contributed by atoms with van der Waals surface area (Å²) in [5.41, 5.74) is 7.25. The van der Waals surface area contributed by atoms with Gasteiger partial charge in [-0.3, -0.25) is 0 Å². The van der Waals surface area contributed by atoms with Crippen molar-refractivity contribution < 1.29 is 0 Å². The lowest BCUT2D eigenvalue weighted by Crippen LogP contribution is -1.93. The van der Waals surface area contributed by atoms with E-state index in [4.69, 9.17) is 11.6 Å². The van der Waals surface area contributed by atoms with E-state index in [-0.39, 0.29) is 0 Å². The minimum atomic E-state index is 0.443. The smallest absolute Gasteiger partial charge is 0.189 e. The first-order valence-corrected chi connectivity index (χ1v) is 12.0. The van der Waals surface area contributed by atoms with Gasteiger partial charge in [-0.25, -0.2) is 9.83 Å². The molecular weight excluding hydrogens is 462 g/mol. The molecule has 3 aromatic carbocycles. The fraction of sp³-hybridized carbons (Fsp3) is 0. The zero-order valence-corrected chi connectivity index (χ0v) is 20.9. The van der Waals surface area contributed by atoms with Crippen LogP contribution in [0.2, 0.25) is 0 Å². The summed E-state index contributed by atoms with van der Waals surface area (Å²) >= 11 is 0. The number of nitrogens with zero attached hydrogens (tertiary/aromatic N) is 3. The van der Waals surface area contributed by atoms with Crippen LogP contribution in [0.15, 0.2) is 129 Å². The fourth-order valence-electron chi connectivity index (χ4n) is 4.33. The fourth-order valence-corrected chi connectivity index (χ4v) is 4.33. The molecule has 0 aliphatic rings. The molecule has 0 aliphatic heterocycles. The van der Waals surface area contributed by atoms with Crippen molar-refractivity contribution in [3.63, 3.8) is 0 Å². The first kappa shape index (κ1) is 25.6. The lowest BCUT2D eigenvalue weighted by Gasteiger charge is -2.14. The first-order valence-electron chi connectivity index (χ1n) is 12.0. The Balaban J connectivity index is 1.96. The maximum absolute atomic E-state index is 9.49. The molecule has 0 atom stereocenters. The largest absolute Gasteiger partial charge is 0.248 e. The third kappa shape index (κ3) is 5.49. The van der Waals surface area contributed by atoms with E-state index < -0.39 is 0 Å². The normalized spacial score (nSPS) is 11.4. The summed E-state index contributed by atoms with van der Waals surface area (Å²) in [4.78, 5) is 8.40. The van der Waals surface area contributed by atoms with Crippen LogP contribution >= 0.6 is 0 Å². The first-order chi connectivity index (χ1) is 18.6. The maximum atomic E-state index is 9.49. The van der Waals surface area contributed by atoms with Crippen LogP contribution in [0.3, 0.4) is 0 Å². The monoisotopic (exact) mass is 487 g/mol. The SMILES string of the molecule is [C-]#[N+]c1cc(C#N)cc(-c2cccc3c(-c4cc(/C=C/C=C\C=C)nc(/C(C=C)=C/C=C)c4)cccc23)c1. The van der Waals surface area contributed by atoms with Crippen molar-refractivity contribution in [1.29, 1.82) is 5.26 Å². The summed E-state index contributed by atoms with van der Waals surface area (Å²) in [6.07, 6.45) is 14.8. The van der Waals surface area contributed by atoms with Crippen LogP contribution in [0, 0.1) is 17.9 Å². The number of nitriles is 1. The Labute approximate surface area is 223 Å². The van der Waals surface area contributed by atoms with Gasteiger partial charge in [-0.05, 0) is 75.0 Å². The predicted octanol–water partition coefficient (Wildman–Crippen LogP) is 9.50. The molecule has 0 spiro atoms. The van der Waals surface area contributed by atoms with E-state index in [1.165, 1.54) is 0 Å². The second kappa shape index (κ2) is 12.0. The molecule has 4 aromatic rings. The molecule has 0 amide bonds. The Bertz CT molecular complexity index is 1700. The third-order valence-electron chi connectivity index (χ3n) is 6.00. The van der Waals surface area contributed by atoms with Gasteiger partial charge in [0, 0.05) is 5.56 Å². The Kier molecular flexibility index (Phi) is 8.05. The van der Waals surface area contributed by atoms with Crippen molar-refractivity contribution in [3.05, 3.63) is 157 Å². The van der Waals surface area contributed by atoms with E-state index in [0.717, 1.165) is 50.0 Å². The molecular formula is C35H25N3. The van der Waals surface area contributed by atoms with Crippen molar-refractivity contribution in [3.8, 4) is 28.3 Å². The van der Waals surface area contributed by atoms with Crippen LogP contribution in [-0.4, -0.2) is 4.98 Å². The summed E-state index contributed by atoms with van der Waals surface area (Å²) in [5.74, 6) is 0. The van der Waals surface area contributed by atoms with Gasteiger partial charge < -0.3 is 0 Å². The highest BCUT2D eigenvalue weighted by atomic mass is 14.7. The molecule has 0 unspecified atom stereocenters. The molecule has 4 rings (SSSR count). The second-order valence-electron chi connectivity index (χ2n) is 8.41. The number of pyridine rings is 1. The van der Waals surface area contributed by atoms with Gasteiger partial charge in [0.2, 0.25) is 0 Å². The molecule has 3 nitrogen and oxygen atoms in total. The number of hydrogen-bond donors (Lipinski definition) is 0. The molecule has 180 valence electrons. The molecule has 0 saturated carbocycles. The van der Waals surface area contributed by atoms with Crippen molar-refractivity contribution in [1.82, 2.24) is 4.98 Å². The highest BCUT2D eigenvalue weighted by molar-refractivity contribution is 6.05. The van der Waals surface area contributed by atoms with E-state index in [1.807, 2.05) is 60.7 Å². The van der Waals surface area contributed by atoms with Crippen molar-refractivity contribution >= 4 is 28.1 Å². The van der Waals surface area contributed by atoms with Crippen LogP contribution in [-0.2, 0) is 0 Å². The minimum Gasteiger partial charge on any atom is -0.248 e. The quantitative estimate of drug-likeness (QED) is 0.183. The van der Waals surface area contributed by atoms with Gasteiger partial charge >= 0.3 is 0 Å². The molecule has 3 heteroatoms. The van der Waals surface area contributed by atoms with Crippen molar-refractivity contribution in [2.75, 3.05) is 0 Å². The molecule has 0 fully saturated rings. The Morgan fingerprint density at radius 2 is 1.55 bits per heavy atom. The standard InChI is InChI=1S/C35H25N3/c1-5-8-9-10-14-29-21-28(23-35(38-29)26(7-3)13-6-2)32-16-12-17-33-31(15-11-18-34(32)33)27-19-25(24-36)20-30(22-27)37-4/h5-23H,1-3H2/b9-8-,14-10+,26-13+. The lowest BCUT2D eigenvalue weighted by molar-refractivity contribution is 1.25. The Morgan fingerprint density at radius 3 is 2.16 bits per heavy atom. The number of aromatic nitrogens is 1. The zero-order valence-electron chi connectivity index (χ0n) is 20.9. The van der Waals surface area contributed by atoms with Gasteiger partial charge in [0.15, 0.2) is 5.69 Å². The van der Waals surface area contributed by atoms with E-state index in [9.17, 15) is 5.26 Å². The van der Waals surface area contributed by atoms with Crippen LogP contribution in [0.5, 0.6) is 0 Å². The van der Waals surface area contributed by atoms with Crippen LogP contribution in [0.4, 0.5) is 5.69 Å². The molecule has 0 bridgehead atoms. The Hall–Kier alpha value is -5.51. The summed E-state index contributed by atoms with van der Waals surface area (Å²) in [5, 5.41) is 11.6. The number of hydrogen-bond acceptors (Lipinski definition) is 2. The summed E-state index contributed by atoms with van der Waals surface area (Å²) in [7, 11) is 0. The molecule has 1 heterocycles. The topological polar surface area (TPSA) is 41.0 Å². The molecule has 0 aliphatic carbocycles. The number of benzene rings is 3. The predicted molar refractivity (Wildman–Crippen MR) is 160 cm³/mol. The molecule has 38 heavy (non-hydrogen) atoms. The van der Waals surface area contributed by atoms with E-state index in [0.29, 0.717) is 11.3 Å². The third-order valence-corrected chi connectivity index (χ3v) is 6.00. The Morgan fingerprint density at radius 1 is 0.842 bits per heavy atom. The molecule has 0 radical (unpaired) electrons. The van der Waals surface area contributed by atoms with Gasteiger partial charge in [0.1, 0.15) is 0 Å². The summed E-state index contributed by atoms with van der Waals surface area (Å²) in [6, 6.07) is 23.9. The van der Waals surface area contributed by atoms with Gasteiger partial charge in [-0.1, -0.05) is 98.7 Å². The molecule has 0 N–H and O–H groups in total. The number of fused-ring (bicyclic) bond motifs is 1.